The van der Waals surface area contributed by atoms with E-state index in [-0.39, 0.29) is 17.7 Å². The van der Waals surface area contributed by atoms with Crippen LogP contribution < -0.4 is 10.1 Å². The Bertz CT molecular complexity index is 1530. The summed E-state index contributed by atoms with van der Waals surface area (Å²) in [4.78, 5) is 18.9. The fourth-order valence-corrected chi connectivity index (χ4v) is 4.88. The first-order chi connectivity index (χ1) is 18.7. The smallest absolute Gasteiger partial charge is 0.405 e. The lowest BCUT2D eigenvalue weighted by Gasteiger charge is -2.27. The van der Waals surface area contributed by atoms with Gasteiger partial charge in [-0.1, -0.05) is 42.0 Å². The van der Waals surface area contributed by atoms with E-state index in [9.17, 15) is 22.4 Å². The maximum absolute atomic E-state index is 13.5. The van der Waals surface area contributed by atoms with E-state index in [2.05, 4.69) is 19.9 Å². The number of nitrogens with one attached hydrogen (secondary N) is 1. The molecule has 1 amide bonds. The number of amides is 1. The number of hydrogen-bond acceptors (Lipinski definition) is 4. The fourth-order valence-electron chi connectivity index (χ4n) is 4.75. The van der Waals surface area contributed by atoms with Gasteiger partial charge in [0.15, 0.2) is 0 Å². The molecule has 0 spiro atoms. The van der Waals surface area contributed by atoms with Gasteiger partial charge in [0.2, 0.25) is 5.95 Å². The van der Waals surface area contributed by atoms with Crippen LogP contribution in [0.25, 0.3) is 17.0 Å². The minimum absolute atomic E-state index is 0.0209. The lowest BCUT2D eigenvalue weighted by molar-refractivity contribution is -0.274. The van der Waals surface area contributed by atoms with Crippen molar-refractivity contribution < 1.29 is 27.1 Å². The summed E-state index contributed by atoms with van der Waals surface area (Å²) in [5.74, 6) is -1.04. The first-order valence-corrected chi connectivity index (χ1v) is 12.5. The van der Waals surface area contributed by atoms with Crippen LogP contribution in [0.5, 0.6) is 5.75 Å². The quantitative estimate of drug-likeness (QED) is 0.215. The number of carbonyl (C=O) groups excluding carboxylic acids is 1. The van der Waals surface area contributed by atoms with Crippen molar-refractivity contribution in [1.82, 2.24) is 19.8 Å². The molecule has 0 radical (unpaired) electrons. The normalized spacial score (nSPS) is 14.1. The van der Waals surface area contributed by atoms with E-state index in [1.54, 1.807) is 24.3 Å². The number of halogens is 5. The monoisotopic (exact) mass is 558 g/mol. The number of pyridine rings is 1. The SMILES string of the molecule is O=C(NCc1ccnc(F)c1)n1c2c(c3c(OC(F)(F)F)cccc31)CN(C/C=C/c1ccc(Cl)cc1)CC2. The Morgan fingerprint density at radius 2 is 1.95 bits per heavy atom. The Morgan fingerprint density at radius 3 is 2.69 bits per heavy atom. The first-order valence-electron chi connectivity index (χ1n) is 12.1. The molecule has 1 N–H and O–H groups in total. The number of benzene rings is 2. The highest BCUT2D eigenvalue weighted by molar-refractivity contribution is 6.30. The molecule has 202 valence electrons. The van der Waals surface area contributed by atoms with Gasteiger partial charge in [-0.15, -0.1) is 13.2 Å². The van der Waals surface area contributed by atoms with Crippen molar-refractivity contribution >= 4 is 34.6 Å². The van der Waals surface area contributed by atoms with Crippen LogP contribution >= 0.6 is 11.6 Å². The average molecular weight is 559 g/mol. The summed E-state index contributed by atoms with van der Waals surface area (Å²) in [6.07, 6.45) is 0.748. The van der Waals surface area contributed by atoms with E-state index in [4.69, 9.17) is 11.6 Å². The average Bonchev–Trinajstić information content (AvgIpc) is 3.22. The number of rotatable bonds is 6. The number of hydrogen-bond donors (Lipinski definition) is 1. The largest absolute Gasteiger partial charge is 0.573 e. The highest BCUT2D eigenvalue weighted by Gasteiger charge is 2.34. The second kappa shape index (κ2) is 11.1. The van der Waals surface area contributed by atoms with Gasteiger partial charge in [0.05, 0.1) is 5.52 Å². The van der Waals surface area contributed by atoms with Crippen molar-refractivity contribution in [1.29, 1.82) is 0 Å². The summed E-state index contributed by atoms with van der Waals surface area (Å²) in [6.45, 7) is 1.49. The standard InChI is InChI=1S/C28H23ClF4N4O2/c29-20-8-6-18(7-9-20)3-2-13-36-14-11-22-21(17-36)26-23(4-1-5-24(26)39-28(31,32)33)37(22)27(38)35-16-19-10-12-34-25(30)15-19/h1-10,12,15H,11,13-14,16-17H2,(H,35,38)/b3-2+. The third-order valence-corrected chi connectivity index (χ3v) is 6.67. The molecular formula is C28H23ClF4N4O2. The van der Waals surface area contributed by atoms with Crippen LogP contribution in [-0.2, 0) is 19.5 Å². The van der Waals surface area contributed by atoms with Gasteiger partial charge in [0.1, 0.15) is 5.75 Å². The molecule has 0 saturated heterocycles. The summed E-state index contributed by atoms with van der Waals surface area (Å²) < 4.78 is 59.0. The van der Waals surface area contributed by atoms with Gasteiger partial charge in [0, 0.05) is 54.9 Å². The Kier molecular flexibility index (Phi) is 7.58. The molecule has 2 aromatic carbocycles. The van der Waals surface area contributed by atoms with E-state index in [1.807, 2.05) is 24.3 Å². The van der Waals surface area contributed by atoms with Crippen LogP contribution in [0, 0.1) is 5.95 Å². The predicted molar refractivity (Wildman–Crippen MR) is 140 cm³/mol. The third-order valence-electron chi connectivity index (χ3n) is 6.42. The van der Waals surface area contributed by atoms with Gasteiger partial charge in [-0.3, -0.25) is 9.47 Å². The zero-order valence-corrected chi connectivity index (χ0v) is 21.3. The lowest BCUT2D eigenvalue weighted by atomic mass is 10.0. The first kappa shape index (κ1) is 26.7. The molecule has 39 heavy (non-hydrogen) atoms. The molecule has 11 heteroatoms. The summed E-state index contributed by atoms with van der Waals surface area (Å²) in [5, 5.41) is 3.62. The maximum Gasteiger partial charge on any atom is 0.573 e. The third kappa shape index (κ3) is 6.23. The lowest BCUT2D eigenvalue weighted by Crippen LogP contribution is -2.34. The van der Waals surface area contributed by atoms with Gasteiger partial charge < -0.3 is 10.1 Å². The summed E-state index contributed by atoms with van der Waals surface area (Å²) >= 11 is 5.94. The zero-order chi connectivity index (χ0) is 27.6. The van der Waals surface area contributed by atoms with Crippen LogP contribution in [0.3, 0.4) is 0 Å². The molecule has 6 nitrogen and oxygen atoms in total. The molecule has 0 atom stereocenters. The molecule has 0 aliphatic carbocycles. The molecule has 1 aliphatic rings. The molecule has 2 aromatic heterocycles. The van der Waals surface area contributed by atoms with Gasteiger partial charge in [-0.05, 0) is 53.1 Å². The van der Waals surface area contributed by atoms with Crippen LogP contribution in [0.15, 0.2) is 66.9 Å². The molecule has 0 saturated carbocycles. The molecular weight excluding hydrogens is 536 g/mol. The summed E-state index contributed by atoms with van der Waals surface area (Å²) in [5.41, 5.74) is 2.99. The topological polar surface area (TPSA) is 59.4 Å². The maximum atomic E-state index is 13.5. The van der Waals surface area contributed by atoms with Crippen molar-refractivity contribution in [3.05, 3.63) is 100 Å². The number of fused-ring (bicyclic) bond motifs is 3. The van der Waals surface area contributed by atoms with Crippen molar-refractivity contribution in [2.45, 2.75) is 25.9 Å². The zero-order valence-electron chi connectivity index (χ0n) is 20.5. The number of aromatic nitrogens is 2. The Balaban J connectivity index is 1.45. The Morgan fingerprint density at radius 1 is 1.15 bits per heavy atom. The number of carbonyl (C=O) groups is 1. The molecule has 1 aliphatic heterocycles. The minimum atomic E-state index is -4.90. The predicted octanol–water partition coefficient (Wildman–Crippen LogP) is 6.56. The number of nitrogens with zero attached hydrogens (tertiary/aromatic N) is 3. The van der Waals surface area contributed by atoms with Crippen molar-refractivity contribution in [2.75, 3.05) is 13.1 Å². The summed E-state index contributed by atoms with van der Waals surface area (Å²) in [6, 6.07) is 13.9. The van der Waals surface area contributed by atoms with Gasteiger partial charge in [-0.25, -0.2) is 9.78 Å². The molecule has 5 rings (SSSR count). The highest BCUT2D eigenvalue weighted by Crippen LogP contribution is 2.38. The van der Waals surface area contributed by atoms with Crippen LogP contribution in [0.1, 0.15) is 22.4 Å². The Hall–Kier alpha value is -3.89. The minimum Gasteiger partial charge on any atom is -0.405 e. The van der Waals surface area contributed by atoms with Gasteiger partial charge >= 0.3 is 12.4 Å². The van der Waals surface area contributed by atoms with Gasteiger partial charge in [-0.2, -0.15) is 4.39 Å². The van der Waals surface area contributed by atoms with Crippen molar-refractivity contribution in [3.8, 4) is 5.75 Å². The Labute approximate surface area is 226 Å². The van der Waals surface area contributed by atoms with Gasteiger partial charge in [0.25, 0.3) is 0 Å². The van der Waals surface area contributed by atoms with Crippen LogP contribution in [0.2, 0.25) is 5.02 Å². The van der Waals surface area contributed by atoms with E-state index < -0.39 is 18.3 Å². The summed E-state index contributed by atoms with van der Waals surface area (Å²) in [7, 11) is 0. The highest BCUT2D eigenvalue weighted by atomic mass is 35.5. The van der Waals surface area contributed by atoms with E-state index in [1.165, 1.54) is 29.0 Å². The fraction of sp³-hybridized carbons (Fsp3) is 0.214. The number of ether oxygens (including phenoxy) is 1. The second-order valence-electron chi connectivity index (χ2n) is 9.04. The van der Waals surface area contributed by atoms with E-state index in [0.29, 0.717) is 53.4 Å². The van der Waals surface area contributed by atoms with E-state index in [0.717, 1.165) is 5.56 Å². The van der Waals surface area contributed by atoms with Crippen LogP contribution in [0.4, 0.5) is 22.4 Å². The second-order valence-corrected chi connectivity index (χ2v) is 9.48. The van der Waals surface area contributed by atoms with Crippen molar-refractivity contribution in [3.63, 3.8) is 0 Å². The number of alkyl halides is 3. The molecule has 4 aromatic rings. The molecule has 0 fully saturated rings. The van der Waals surface area contributed by atoms with Crippen LogP contribution in [-0.4, -0.2) is 39.9 Å². The molecule has 3 heterocycles. The van der Waals surface area contributed by atoms with E-state index >= 15 is 0 Å². The van der Waals surface area contributed by atoms with Crippen molar-refractivity contribution in [2.24, 2.45) is 0 Å². The molecule has 0 bridgehead atoms. The molecule has 0 unspecified atom stereocenters.